The minimum Gasteiger partial charge on any atom is -0.366 e. The van der Waals surface area contributed by atoms with Crippen molar-refractivity contribution in [3.8, 4) is 0 Å². The van der Waals surface area contributed by atoms with E-state index in [1.165, 1.54) is 12.1 Å². The van der Waals surface area contributed by atoms with Crippen molar-refractivity contribution in [1.82, 2.24) is 5.32 Å². The van der Waals surface area contributed by atoms with Crippen molar-refractivity contribution in [3.63, 3.8) is 0 Å². The molecule has 3 amide bonds. The second-order valence-electron chi connectivity index (χ2n) is 5.47. The van der Waals surface area contributed by atoms with Crippen molar-refractivity contribution in [2.45, 2.75) is 13.8 Å². The first-order valence-electron chi connectivity index (χ1n) is 7.42. The molecular weight excluding hydrogens is 306 g/mol. The zero-order valence-corrected chi connectivity index (χ0v) is 13.6. The molecule has 0 aliphatic heterocycles. The van der Waals surface area contributed by atoms with Crippen molar-refractivity contribution >= 4 is 23.4 Å². The first kappa shape index (κ1) is 17.2. The Hall–Kier alpha value is -3.15. The molecule has 24 heavy (non-hydrogen) atoms. The molecule has 0 fully saturated rings. The number of hydrogen-bond acceptors (Lipinski definition) is 3. The van der Waals surface area contributed by atoms with Crippen molar-refractivity contribution in [3.05, 3.63) is 64.7 Å². The number of nitrogens with one attached hydrogen (secondary N) is 2. The van der Waals surface area contributed by atoms with Crippen LogP contribution in [0.15, 0.2) is 42.5 Å². The lowest BCUT2D eigenvalue weighted by Gasteiger charge is -2.08. The van der Waals surface area contributed by atoms with Gasteiger partial charge in [-0.1, -0.05) is 6.07 Å². The molecule has 0 atom stereocenters. The highest BCUT2D eigenvalue weighted by atomic mass is 16.2. The molecule has 0 bridgehead atoms. The van der Waals surface area contributed by atoms with Crippen molar-refractivity contribution in [2.75, 3.05) is 11.9 Å². The van der Waals surface area contributed by atoms with Crippen molar-refractivity contribution in [2.24, 2.45) is 5.73 Å². The normalized spacial score (nSPS) is 10.1. The third-order valence-corrected chi connectivity index (χ3v) is 3.63. The van der Waals surface area contributed by atoms with E-state index >= 15 is 0 Å². The first-order chi connectivity index (χ1) is 11.4. The lowest BCUT2D eigenvalue weighted by molar-refractivity contribution is -0.115. The summed E-state index contributed by atoms with van der Waals surface area (Å²) in [6, 6.07) is 11.6. The third-order valence-electron chi connectivity index (χ3n) is 3.63. The Morgan fingerprint density at radius 3 is 2.12 bits per heavy atom. The van der Waals surface area contributed by atoms with E-state index in [2.05, 4.69) is 10.6 Å². The first-order valence-corrected chi connectivity index (χ1v) is 7.42. The molecule has 124 valence electrons. The van der Waals surface area contributed by atoms with Crippen LogP contribution in [0.2, 0.25) is 0 Å². The maximum Gasteiger partial charge on any atom is 0.251 e. The monoisotopic (exact) mass is 325 g/mol. The summed E-state index contributed by atoms with van der Waals surface area (Å²) in [5.41, 5.74) is 8.65. The quantitative estimate of drug-likeness (QED) is 0.781. The molecule has 6 nitrogen and oxygen atoms in total. The Morgan fingerprint density at radius 2 is 1.54 bits per heavy atom. The summed E-state index contributed by atoms with van der Waals surface area (Å²) in [6.07, 6.45) is 0. The summed E-state index contributed by atoms with van der Waals surface area (Å²) in [7, 11) is 0. The van der Waals surface area contributed by atoms with Gasteiger partial charge in [-0.05, 0) is 61.4 Å². The van der Waals surface area contributed by atoms with Gasteiger partial charge in [0.1, 0.15) is 0 Å². The maximum atomic E-state index is 12.0. The standard InChI is InChI=1S/C18H19N3O3/c1-11-3-4-14(9-12(11)2)18(24)20-10-16(22)21-15-7-5-13(6-8-15)17(19)23/h3-9H,10H2,1-2H3,(H2,19,23)(H,20,24)(H,21,22). The number of primary amides is 1. The molecule has 0 spiro atoms. The number of nitrogens with two attached hydrogens (primary N) is 1. The molecule has 6 heteroatoms. The van der Waals surface area contributed by atoms with Crippen LogP contribution < -0.4 is 16.4 Å². The Balaban J connectivity index is 1.89. The average molecular weight is 325 g/mol. The topological polar surface area (TPSA) is 101 Å². The second kappa shape index (κ2) is 7.41. The predicted molar refractivity (Wildman–Crippen MR) is 91.8 cm³/mol. The maximum absolute atomic E-state index is 12.0. The molecule has 4 N–H and O–H groups in total. The number of amides is 3. The summed E-state index contributed by atoms with van der Waals surface area (Å²) in [4.78, 5) is 34.9. The lowest BCUT2D eigenvalue weighted by Crippen LogP contribution is -2.32. The Kier molecular flexibility index (Phi) is 5.31. The van der Waals surface area contributed by atoms with Crippen molar-refractivity contribution in [1.29, 1.82) is 0 Å². The average Bonchev–Trinajstić information content (AvgIpc) is 2.55. The molecule has 0 aliphatic carbocycles. The van der Waals surface area contributed by atoms with Gasteiger partial charge in [0, 0.05) is 16.8 Å². The Morgan fingerprint density at radius 1 is 0.917 bits per heavy atom. The van der Waals surface area contributed by atoms with Gasteiger partial charge in [-0.25, -0.2) is 0 Å². The van der Waals surface area contributed by atoms with Gasteiger partial charge in [0.15, 0.2) is 0 Å². The van der Waals surface area contributed by atoms with E-state index in [0.29, 0.717) is 16.8 Å². The van der Waals surface area contributed by atoms with E-state index in [1.54, 1.807) is 24.3 Å². The Labute approximate surface area is 140 Å². The number of aryl methyl sites for hydroxylation is 2. The van der Waals surface area contributed by atoms with Crippen molar-refractivity contribution < 1.29 is 14.4 Å². The second-order valence-corrected chi connectivity index (χ2v) is 5.47. The zero-order valence-electron chi connectivity index (χ0n) is 13.6. The van der Waals surface area contributed by atoms with Gasteiger partial charge in [0.25, 0.3) is 5.91 Å². The van der Waals surface area contributed by atoms with Crippen LogP contribution in [-0.4, -0.2) is 24.3 Å². The Bertz CT molecular complexity index is 783. The molecule has 2 rings (SSSR count). The summed E-state index contributed by atoms with van der Waals surface area (Å²) < 4.78 is 0. The summed E-state index contributed by atoms with van der Waals surface area (Å²) in [5, 5.41) is 5.20. The number of benzene rings is 2. The van der Waals surface area contributed by atoms with Gasteiger partial charge in [-0.3, -0.25) is 14.4 Å². The van der Waals surface area contributed by atoms with E-state index < -0.39 is 5.91 Å². The fraction of sp³-hybridized carbons (Fsp3) is 0.167. The van der Waals surface area contributed by atoms with Crippen LogP contribution in [0.5, 0.6) is 0 Å². The molecule has 0 aromatic heterocycles. The SMILES string of the molecule is Cc1ccc(C(=O)NCC(=O)Nc2ccc(C(N)=O)cc2)cc1C. The molecule has 0 saturated carbocycles. The van der Waals surface area contributed by atoms with Gasteiger partial charge >= 0.3 is 0 Å². The molecule has 0 heterocycles. The van der Waals surface area contributed by atoms with Gasteiger partial charge in [-0.2, -0.15) is 0 Å². The summed E-state index contributed by atoms with van der Waals surface area (Å²) >= 11 is 0. The number of rotatable bonds is 5. The van der Waals surface area contributed by atoms with E-state index in [4.69, 9.17) is 5.73 Å². The van der Waals surface area contributed by atoms with Crippen LogP contribution >= 0.6 is 0 Å². The smallest absolute Gasteiger partial charge is 0.251 e. The zero-order chi connectivity index (χ0) is 17.7. The third kappa shape index (κ3) is 4.42. The number of anilines is 1. The van der Waals surface area contributed by atoms with Gasteiger partial charge in [0.2, 0.25) is 11.8 Å². The summed E-state index contributed by atoms with van der Waals surface area (Å²) in [5.74, 6) is -1.20. The minimum absolute atomic E-state index is 0.149. The van der Waals surface area contributed by atoms with Gasteiger partial charge in [0.05, 0.1) is 6.54 Å². The largest absolute Gasteiger partial charge is 0.366 e. The van der Waals surface area contributed by atoms with Crippen LogP contribution in [0.4, 0.5) is 5.69 Å². The number of carbonyl (C=O) groups is 3. The summed E-state index contributed by atoms with van der Waals surface area (Å²) in [6.45, 7) is 3.74. The van der Waals surface area contributed by atoms with Crippen LogP contribution in [-0.2, 0) is 4.79 Å². The van der Waals surface area contributed by atoms with Gasteiger partial charge in [-0.15, -0.1) is 0 Å². The van der Waals surface area contributed by atoms with Crippen LogP contribution in [0, 0.1) is 13.8 Å². The fourth-order valence-corrected chi connectivity index (χ4v) is 2.07. The van der Waals surface area contributed by atoms with Crippen LogP contribution in [0.3, 0.4) is 0 Å². The van der Waals surface area contributed by atoms with E-state index in [1.807, 2.05) is 19.9 Å². The highest BCUT2D eigenvalue weighted by molar-refractivity contribution is 5.99. The lowest BCUT2D eigenvalue weighted by atomic mass is 10.1. The molecule has 0 aliphatic rings. The van der Waals surface area contributed by atoms with E-state index in [0.717, 1.165) is 11.1 Å². The predicted octanol–water partition coefficient (Wildman–Crippen LogP) is 1.77. The highest BCUT2D eigenvalue weighted by Gasteiger charge is 2.09. The number of hydrogen-bond donors (Lipinski definition) is 3. The number of carbonyl (C=O) groups excluding carboxylic acids is 3. The molecule has 2 aromatic carbocycles. The molecule has 2 aromatic rings. The highest BCUT2D eigenvalue weighted by Crippen LogP contribution is 2.10. The van der Waals surface area contributed by atoms with Gasteiger partial charge < -0.3 is 16.4 Å². The van der Waals surface area contributed by atoms with E-state index in [9.17, 15) is 14.4 Å². The van der Waals surface area contributed by atoms with Crippen LogP contribution in [0.25, 0.3) is 0 Å². The fourth-order valence-electron chi connectivity index (χ4n) is 2.07. The molecule has 0 radical (unpaired) electrons. The van der Waals surface area contributed by atoms with E-state index in [-0.39, 0.29) is 18.4 Å². The van der Waals surface area contributed by atoms with Crippen LogP contribution in [0.1, 0.15) is 31.8 Å². The molecule has 0 unspecified atom stereocenters. The molecular formula is C18H19N3O3. The molecule has 0 saturated heterocycles. The minimum atomic E-state index is -0.534.